The van der Waals surface area contributed by atoms with Crippen LogP contribution in [-0.2, 0) is 0 Å². The van der Waals surface area contributed by atoms with Crippen LogP contribution in [0.2, 0.25) is 0 Å². The molecule has 0 aliphatic rings. The molecule has 2 aromatic rings. The van der Waals surface area contributed by atoms with Crippen molar-refractivity contribution in [2.45, 2.75) is 4.83 Å². The third-order valence-corrected chi connectivity index (χ3v) is 3.90. The summed E-state index contributed by atoms with van der Waals surface area (Å²) in [5.74, 6) is 0.113. The maximum absolute atomic E-state index is 12.1. The second kappa shape index (κ2) is 7.13. The lowest BCUT2D eigenvalue weighted by Crippen LogP contribution is -2.26. The van der Waals surface area contributed by atoms with Crippen molar-refractivity contribution in [1.29, 1.82) is 0 Å². The fourth-order valence-electron chi connectivity index (χ4n) is 1.88. The van der Waals surface area contributed by atoms with Gasteiger partial charge in [-0.1, -0.05) is 46.3 Å². The van der Waals surface area contributed by atoms with Crippen molar-refractivity contribution in [1.82, 2.24) is 5.32 Å². The Morgan fingerprint density at radius 2 is 2.00 bits per heavy atom. The third kappa shape index (κ3) is 3.98. The van der Waals surface area contributed by atoms with E-state index in [0.717, 1.165) is 5.56 Å². The fourth-order valence-corrected chi connectivity index (χ4v) is 2.35. The zero-order valence-electron chi connectivity index (χ0n) is 11.5. The Hall–Kier alpha value is -2.01. The molecule has 5 heteroatoms. The molecule has 0 saturated heterocycles. The van der Waals surface area contributed by atoms with Gasteiger partial charge in [-0.25, -0.2) is 0 Å². The van der Waals surface area contributed by atoms with Crippen LogP contribution >= 0.6 is 15.9 Å². The SMILES string of the molecule is COc1ccc(O)c(C(=O)NCC(Br)c2ccccc2)c1. The van der Waals surface area contributed by atoms with Crippen molar-refractivity contribution >= 4 is 21.8 Å². The highest BCUT2D eigenvalue weighted by molar-refractivity contribution is 9.09. The predicted octanol–water partition coefficient (Wildman–Crippen LogP) is 3.27. The van der Waals surface area contributed by atoms with Gasteiger partial charge in [0.25, 0.3) is 5.91 Å². The first-order valence-corrected chi connectivity index (χ1v) is 7.37. The maximum atomic E-state index is 12.1. The van der Waals surface area contributed by atoms with Crippen LogP contribution in [0.25, 0.3) is 0 Å². The van der Waals surface area contributed by atoms with Gasteiger partial charge in [0.05, 0.1) is 17.5 Å². The van der Waals surface area contributed by atoms with Crippen LogP contribution in [0.15, 0.2) is 48.5 Å². The van der Waals surface area contributed by atoms with Crippen LogP contribution in [0, 0.1) is 0 Å². The van der Waals surface area contributed by atoms with Crippen molar-refractivity contribution in [3.8, 4) is 11.5 Å². The molecule has 0 aliphatic heterocycles. The molecule has 110 valence electrons. The number of alkyl halides is 1. The van der Waals surface area contributed by atoms with Crippen LogP contribution in [0.3, 0.4) is 0 Å². The van der Waals surface area contributed by atoms with Gasteiger partial charge < -0.3 is 15.2 Å². The van der Waals surface area contributed by atoms with E-state index in [9.17, 15) is 9.90 Å². The number of amides is 1. The second-order valence-electron chi connectivity index (χ2n) is 4.47. The first-order valence-electron chi connectivity index (χ1n) is 6.46. The van der Waals surface area contributed by atoms with Crippen molar-refractivity contribution in [3.63, 3.8) is 0 Å². The van der Waals surface area contributed by atoms with E-state index in [-0.39, 0.29) is 22.0 Å². The Balaban J connectivity index is 2.02. The number of aromatic hydroxyl groups is 1. The number of methoxy groups -OCH3 is 1. The van der Waals surface area contributed by atoms with E-state index < -0.39 is 0 Å². The van der Waals surface area contributed by atoms with E-state index in [2.05, 4.69) is 21.2 Å². The molecule has 0 radical (unpaired) electrons. The summed E-state index contributed by atoms with van der Waals surface area (Å²) in [6.07, 6.45) is 0. The lowest BCUT2D eigenvalue weighted by molar-refractivity contribution is 0.0951. The first kappa shape index (κ1) is 15.4. The number of hydrogen-bond acceptors (Lipinski definition) is 3. The number of carbonyl (C=O) groups excluding carboxylic acids is 1. The normalized spacial score (nSPS) is 11.7. The van der Waals surface area contributed by atoms with Gasteiger partial charge in [0, 0.05) is 6.54 Å². The predicted molar refractivity (Wildman–Crippen MR) is 85.1 cm³/mol. The molecule has 1 unspecified atom stereocenters. The van der Waals surface area contributed by atoms with E-state index in [4.69, 9.17) is 4.74 Å². The van der Waals surface area contributed by atoms with E-state index in [1.54, 1.807) is 6.07 Å². The molecule has 2 rings (SSSR count). The monoisotopic (exact) mass is 349 g/mol. The number of rotatable bonds is 5. The van der Waals surface area contributed by atoms with E-state index >= 15 is 0 Å². The summed E-state index contributed by atoms with van der Waals surface area (Å²) in [5, 5.41) is 12.5. The summed E-state index contributed by atoms with van der Waals surface area (Å²) < 4.78 is 5.05. The highest BCUT2D eigenvalue weighted by atomic mass is 79.9. The van der Waals surface area contributed by atoms with Gasteiger partial charge in [0.15, 0.2) is 0 Å². The van der Waals surface area contributed by atoms with Crippen LogP contribution in [-0.4, -0.2) is 24.7 Å². The number of benzene rings is 2. The quantitative estimate of drug-likeness (QED) is 0.814. The number of ether oxygens (including phenoxy) is 1. The summed E-state index contributed by atoms with van der Waals surface area (Å²) in [4.78, 5) is 12.1. The zero-order valence-corrected chi connectivity index (χ0v) is 13.1. The summed E-state index contributed by atoms with van der Waals surface area (Å²) in [6, 6.07) is 14.3. The van der Waals surface area contributed by atoms with Gasteiger partial charge in [0.2, 0.25) is 0 Å². The number of halogens is 1. The average molecular weight is 350 g/mol. The Bertz CT molecular complexity index is 616. The van der Waals surface area contributed by atoms with Gasteiger partial charge in [-0.05, 0) is 23.8 Å². The Morgan fingerprint density at radius 1 is 1.29 bits per heavy atom. The molecule has 0 bridgehead atoms. The molecule has 1 atom stereocenters. The smallest absolute Gasteiger partial charge is 0.255 e. The summed E-state index contributed by atoms with van der Waals surface area (Å²) in [6.45, 7) is 0.416. The largest absolute Gasteiger partial charge is 0.507 e. The molecular weight excluding hydrogens is 334 g/mol. The molecule has 0 aliphatic carbocycles. The summed E-state index contributed by atoms with van der Waals surface area (Å²) in [7, 11) is 1.51. The van der Waals surface area contributed by atoms with Gasteiger partial charge in [-0.3, -0.25) is 4.79 Å². The lowest BCUT2D eigenvalue weighted by atomic mass is 10.1. The number of carbonyl (C=O) groups is 1. The third-order valence-electron chi connectivity index (χ3n) is 3.05. The average Bonchev–Trinajstić information content (AvgIpc) is 2.53. The Morgan fingerprint density at radius 3 is 2.67 bits per heavy atom. The molecule has 21 heavy (non-hydrogen) atoms. The molecule has 0 saturated carbocycles. The molecule has 0 heterocycles. The highest BCUT2D eigenvalue weighted by Gasteiger charge is 2.14. The highest BCUT2D eigenvalue weighted by Crippen LogP contribution is 2.24. The van der Waals surface area contributed by atoms with Gasteiger partial charge in [0.1, 0.15) is 11.5 Å². The van der Waals surface area contributed by atoms with Gasteiger partial charge in [-0.2, -0.15) is 0 Å². The zero-order chi connectivity index (χ0) is 15.2. The fraction of sp³-hybridized carbons (Fsp3) is 0.188. The van der Waals surface area contributed by atoms with Gasteiger partial charge in [-0.15, -0.1) is 0 Å². The van der Waals surface area contributed by atoms with Crippen molar-refractivity contribution in [2.24, 2.45) is 0 Å². The maximum Gasteiger partial charge on any atom is 0.255 e. The Labute approximate surface area is 131 Å². The van der Waals surface area contributed by atoms with E-state index in [0.29, 0.717) is 12.3 Å². The standard InChI is InChI=1S/C16H16BrNO3/c1-21-12-7-8-15(19)13(9-12)16(20)18-10-14(17)11-5-3-2-4-6-11/h2-9,14,19H,10H2,1H3,(H,18,20). The summed E-state index contributed by atoms with van der Waals surface area (Å²) in [5.41, 5.74) is 1.27. The molecule has 0 fully saturated rings. The van der Waals surface area contributed by atoms with Gasteiger partial charge >= 0.3 is 0 Å². The molecule has 4 nitrogen and oxygen atoms in total. The minimum absolute atomic E-state index is 0.00963. The molecular formula is C16H16BrNO3. The van der Waals surface area contributed by atoms with Crippen molar-refractivity contribution in [3.05, 3.63) is 59.7 Å². The first-order chi connectivity index (χ1) is 10.1. The molecule has 2 N–H and O–H groups in total. The van der Waals surface area contributed by atoms with Crippen molar-refractivity contribution < 1.29 is 14.6 Å². The molecule has 2 aromatic carbocycles. The lowest BCUT2D eigenvalue weighted by Gasteiger charge is -2.12. The van der Waals surface area contributed by atoms with Crippen LogP contribution in [0.4, 0.5) is 0 Å². The number of phenols is 1. The van der Waals surface area contributed by atoms with Crippen molar-refractivity contribution in [2.75, 3.05) is 13.7 Å². The minimum Gasteiger partial charge on any atom is -0.507 e. The summed E-state index contributed by atoms with van der Waals surface area (Å²) >= 11 is 3.53. The van der Waals surface area contributed by atoms with Crippen LogP contribution in [0.1, 0.15) is 20.7 Å². The van der Waals surface area contributed by atoms with E-state index in [1.165, 1.54) is 19.2 Å². The van der Waals surface area contributed by atoms with E-state index in [1.807, 2.05) is 30.3 Å². The topological polar surface area (TPSA) is 58.6 Å². The number of hydrogen-bond donors (Lipinski definition) is 2. The second-order valence-corrected chi connectivity index (χ2v) is 5.58. The number of nitrogens with one attached hydrogen (secondary N) is 1. The number of phenolic OH excluding ortho intramolecular Hbond substituents is 1. The minimum atomic E-state index is -0.341. The van der Waals surface area contributed by atoms with Crippen LogP contribution in [0.5, 0.6) is 11.5 Å². The van der Waals surface area contributed by atoms with Crippen LogP contribution < -0.4 is 10.1 Å². The Kier molecular flexibility index (Phi) is 5.22. The molecule has 0 spiro atoms. The molecule has 1 amide bonds. The molecule has 0 aromatic heterocycles.